The molecule has 1 saturated heterocycles. The van der Waals surface area contributed by atoms with Crippen LogP contribution in [0.1, 0.15) is 23.7 Å². The van der Waals surface area contributed by atoms with Crippen LogP contribution < -0.4 is 0 Å². The summed E-state index contributed by atoms with van der Waals surface area (Å²) in [6, 6.07) is 8.60. The Balaban J connectivity index is 1.24. The van der Waals surface area contributed by atoms with E-state index in [-0.39, 0.29) is 11.9 Å². The van der Waals surface area contributed by atoms with Gasteiger partial charge in [0.25, 0.3) is 0 Å². The van der Waals surface area contributed by atoms with Gasteiger partial charge in [0.05, 0.1) is 24.6 Å². The van der Waals surface area contributed by atoms with Gasteiger partial charge in [0.1, 0.15) is 12.2 Å². The maximum atomic E-state index is 12.4. The normalized spacial score (nSPS) is 14.3. The van der Waals surface area contributed by atoms with Crippen LogP contribution in [0.5, 0.6) is 0 Å². The van der Waals surface area contributed by atoms with Gasteiger partial charge in [0.2, 0.25) is 5.91 Å². The van der Waals surface area contributed by atoms with Crippen molar-refractivity contribution in [2.24, 2.45) is 0 Å². The highest BCUT2D eigenvalue weighted by Crippen LogP contribution is 2.22. The average Bonchev–Trinajstić information content (AvgIpc) is 3.32. The standard InChI is InChI=1S/C18H21N7OS/c1-27-17-5-2-14(3-6-17)4-7-18(26)23-12-16(13-23)24-10-15(21-22-24)11-25-19-8-9-20-25/h2-3,5-6,8-10,16H,4,7,11-13H2,1H3. The summed E-state index contributed by atoms with van der Waals surface area (Å²) >= 11 is 1.72. The summed E-state index contributed by atoms with van der Waals surface area (Å²) in [5.74, 6) is 0.196. The molecule has 0 saturated carbocycles. The van der Waals surface area contributed by atoms with E-state index >= 15 is 0 Å². The van der Waals surface area contributed by atoms with E-state index in [4.69, 9.17) is 0 Å². The Bertz CT molecular complexity index is 885. The summed E-state index contributed by atoms with van der Waals surface area (Å²) in [6.07, 6.45) is 8.56. The predicted molar refractivity (Wildman–Crippen MR) is 101 cm³/mol. The highest BCUT2D eigenvalue weighted by molar-refractivity contribution is 7.98. The topological polar surface area (TPSA) is 81.7 Å². The van der Waals surface area contributed by atoms with Crippen molar-refractivity contribution in [3.8, 4) is 0 Å². The van der Waals surface area contributed by atoms with Gasteiger partial charge in [-0.25, -0.2) is 4.68 Å². The van der Waals surface area contributed by atoms with Crippen molar-refractivity contribution >= 4 is 17.7 Å². The SMILES string of the molecule is CSc1ccc(CCC(=O)N2CC(n3cc(Cn4nccn4)nn3)C2)cc1. The average molecular weight is 383 g/mol. The quantitative estimate of drug-likeness (QED) is 0.577. The third-order valence-electron chi connectivity index (χ3n) is 4.70. The summed E-state index contributed by atoms with van der Waals surface area (Å²) in [6.45, 7) is 1.87. The molecule has 1 fully saturated rings. The number of carbonyl (C=O) groups is 1. The van der Waals surface area contributed by atoms with Crippen LogP contribution in [0, 0.1) is 0 Å². The summed E-state index contributed by atoms with van der Waals surface area (Å²) in [4.78, 5) is 17.1. The smallest absolute Gasteiger partial charge is 0.223 e. The van der Waals surface area contributed by atoms with E-state index in [1.165, 1.54) is 10.5 Å². The lowest BCUT2D eigenvalue weighted by molar-refractivity contribution is -0.137. The molecule has 4 rings (SSSR count). The molecule has 0 radical (unpaired) electrons. The molecule has 0 unspecified atom stereocenters. The van der Waals surface area contributed by atoms with E-state index < -0.39 is 0 Å². The molecule has 0 aliphatic carbocycles. The van der Waals surface area contributed by atoms with Crippen molar-refractivity contribution in [3.63, 3.8) is 0 Å². The zero-order chi connectivity index (χ0) is 18.6. The molecule has 9 heteroatoms. The van der Waals surface area contributed by atoms with Crippen LogP contribution in [-0.2, 0) is 17.8 Å². The molecule has 2 aromatic heterocycles. The molecule has 1 aliphatic rings. The molecule has 1 aliphatic heterocycles. The molecule has 0 N–H and O–H groups in total. The zero-order valence-corrected chi connectivity index (χ0v) is 15.9. The highest BCUT2D eigenvalue weighted by Gasteiger charge is 2.32. The summed E-state index contributed by atoms with van der Waals surface area (Å²) < 4.78 is 1.84. The van der Waals surface area contributed by atoms with Crippen LogP contribution in [0.15, 0.2) is 47.8 Å². The van der Waals surface area contributed by atoms with Gasteiger partial charge in [-0.15, -0.1) is 16.9 Å². The number of likely N-dealkylation sites (tertiary alicyclic amines) is 1. The molecular formula is C18H21N7OS. The number of nitrogens with zero attached hydrogens (tertiary/aromatic N) is 7. The molecular weight excluding hydrogens is 362 g/mol. The Morgan fingerprint density at radius 1 is 1.19 bits per heavy atom. The molecule has 3 heterocycles. The van der Waals surface area contributed by atoms with Crippen LogP contribution in [0.2, 0.25) is 0 Å². The van der Waals surface area contributed by atoms with E-state index in [0.29, 0.717) is 26.1 Å². The first-order valence-corrected chi connectivity index (χ1v) is 10.1. The Hall–Kier alpha value is -2.68. The van der Waals surface area contributed by atoms with Crippen molar-refractivity contribution in [2.45, 2.75) is 30.3 Å². The fourth-order valence-electron chi connectivity index (χ4n) is 3.06. The molecule has 8 nitrogen and oxygen atoms in total. The molecule has 140 valence electrons. The number of benzene rings is 1. The van der Waals surface area contributed by atoms with Gasteiger partial charge in [0, 0.05) is 24.4 Å². The number of thioether (sulfide) groups is 1. The van der Waals surface area contributed by atoms with Crippen LogP contribution >= 0.6 is 11.8 Å². The van der Waals surface area contributed by atoms with Gasteiger partial charge >= 0.3 is 0 Å². The molecule has 3 aromatic rings. The minimum Gasteiger partial charge on any atom is -0.338 e. The minimum absolute atomic E-state index is 0.196. The second-order valence-corrected chi connectivity index (χ2v) is 7.43. The number of hydrogen-bond acceptors (Lipinski definition) is 6. The van der Waals surface area contributed by atoms with Crippen molar-refractivity contribution in [1.29, 1.82) is 0 Å². The van der Waals surface area contributed by atoms with E-state index in [2.05, 4.69) is 51.0 Å². The Morgan fingerprint density at radius 3 is 2.63 bits per heavy atom. The Morgan fingerprint density at radius 2 is 1.93 bits per heavy atom. The van der Waals surface area contributed by atoms with E-state index in [1.807, 2.05) is 15.8 Å². The zero-order valence-electron chi connectivity index (χ0n) is 15.1. The van der Waals surface area contributed by atoms with Crippen molar-refractivity contribution in [1.82, 2.24) is 34.9 Å². The van der Waals surface area contributed by atoms with Crippen molar-refractivity contribution < 1.29 is 4.79 Å². The number of aryl methyl sites for hydroxylation is 1. The summed E-state index contributed by atoms with van der Waals surface area (Å²) in [5, 5.41) is 16.5. The Kier molecular flexibility index (Phi) is 5.19. The number of carbonyl (C=O) groups excluding carboxylic acids is 1. The van der Waals surface area contributed by atoms with Crippen LogP contribution in [-0.4, -0.2) is 60.1 Å². The monoisotopic (exact) mass is 383 g/mol. The fraction of sp³-hybridized carbons (Fsp3) is 0.389. The first-order valence-electron chi connectivity index (χ1n) is 8.87. The predicted octanol–water partition coefficient (Wildman–Crippen LogP) is 1.66. The van der Waals surface area contributed by atoms with Crippen LogP contribution in [0.25, 0.3) is 0 Å². The highest BCUT2D eigenvalue weighted by atomic mass is 32.2. The summed E-state index contributed by atoms with van der Waals surface area (Å²) in [7, 11) is 0. The second kappa shape index (κ2) is 7.91. The lowest BCUT2D eigenvalue weighted by Crippen LogP contribution is -2.51. The molecule has 27 heavy (non-hydrogen) atoms. The molecule has 0 bridgehead atoms. The minimum atomic E-state index is 0.196. The lowest BCUT2D eigenvalue weighted by atomic mass is 10.1. The number of rotatable bonds is 7. The number of amides is 1. The number of hydrogen-bond donors (Lipinski definition) is 0. The number of aromatic nitrogens is 6. The molecule has 1 amide bonds. The van der Waals surface area contributed by atoms with Gasteiger partial charge in [-0.3, -0.25) is 4.79 Å². The van der Waals surface area contributed by atoms with E-state index in [9.17, 15) is 4.79 Å². The van der Waals surface area contributed by atoms with Gasteiger partial charge in [-0.2, -0.15) is 15.0 Å². The van der Waals surface area contributed by atoms with Gasteiger partial charge in [-0.1, -0.05) is 17.3 Å². The van der Waals surface area contributed by atoms with Crippen molar-refractivity contribution in [3.05, 3.63) is 54.1 Å². The summed E-state index contributed by atoms with van der Waals surface area (Å²) in [5.41, 5.74) is 2.01. The second-order valence-electron chi connectivity index (χ2n) is 6.55. The Labute approximate surface area is 161 Å². The van der Waals surface area contributed by atoms with Gasteiger partial charge < -0.3 is 4.90 Å². The van der Waals surface area contributed by atoms with Crippen LogP contribution in [0.4, 0.5) is 0 Å². The molecule has 0 spiro atoms. The lowest BCUT2D eigenvalue weighted by Gasteiger charge is -2.39. The third-order valence-corrected chi connectivity index (χ3v) is 5.45. The maximum absolute atomic E-state index is 12.4. The molecule has 0 atom stereocenters. The van der Waals surface area contributed by atoms with E-state index in [1.54, 1.807) is 29.0 Å². The first kappa shape index (κ1) is 17.7. The molecule has 1 aromatic carbocycles. The van der Waals surface area contributed by atoms with E-state index in [0.717, 1.165) is 12.1 Å². The van der Waals surface area contributed by atoms with Gasteiger partial charge in [-0.05, 0) is 30.4 Å². The first-order chi connectivity index (χ1) is 13.2. The largest absolute Gasteiger partial charge is 0.338 e. The van der Waals surface area contributed by atoms with Crippen molar-refractivity contribution in [2.75, 3.05) is 19.3 Å². The van der Waals surface area contributed by atoms with Gasteiger partial charge in [0.15, 0.2) is 0 Å². The maximum Gasteiger partial charge on any atom is 0.223 e. The van der Waals surface area contributed by atoms with Crippen LogP contribution in [0.3, 0.4) is 0 Å². The third kappa shape index (κ3) is 4.19. The fourth-order valence-corrected chi connectivity index (χ4v) is 3.47.